The first-order chi connectivity index (χ1) is 3.93. The number of hydrogen-bond donors (Lipinski definition) is 2. The average molecular weight is 114 g/mol. The van der Waals surface area contributed by atoms with E-state index in [1.165, 1.54) is 13.0 Å². The van der Waals surface area contributed by atoms with E-state index in [0.717, 1.165) is 19.1 Å². The van der Waals surface area contributed by atoms with Gasteiger partial charge in [0, 0.05) is 12.6 Å². The SMILES string of the molecule is CCN[C@H]1CCNC1. The molecule has 1 aliphatic rings. The van der Waals surface area contributed by atoms with Gasteiger partial charge in [0.15, 0.2) is 0 Å². The molecule has 8 heavy (non-hydrogen) atoms. The number of hydrogen-bond acceptors (Lipinski definition) is 2. The van der Waals surface area contributed by atoms with Crippen LogP contribution in [0.25, 0.3) is 0 Å². The van der Waals surface area contributed by atoms with Gasteiger partial charge in [-0.2, -0.15) is 0 Å². The maximum Gasteiger partial charge on any atom is 0.0204 e. The van der Waals surface area contributed by atoms with Crippen molar-refractivity contribution in [3.63, 3.8) is 0 Å². The molecule has 0 spiro atoms. The first-order valence-corrected chi connectivity index (χ1v) is 3.37. The van der Waals surface area contributed by atoms with E-state index in [-0.39, 0.29) is 0 Å². The Balaban J connectivity index is 2.06. The highest BCUT2D eigenvalue weighted by Gasteiger charge is 2.10. The monoisotopic (exact) mass is 114 g/mol. The fourth-order valence-corrected chi connectivity index (χ4v) is 1.12. The Morgan fingerprint density at radius 1 is 1.75 bits per heavy atom. The van der Waals surface area contributed by atoms with Gasteiger partial charge in [-0.1, -0.05) is 6.92 Å². The summed E-state index contributed by atoms with van der Waals surface area (Å²) in [6.45, 7) is 5.61. The maximum absolute atomic E-state index is 3.38. The molecule has 1 rings (SSSR count). The van der Waals surface area contributed by atoms with Gasteiger partial charge in [-0.05, 0) is 19.5 Å². The fraction of sp³-hybridized carbons (Fsp3) is 1.00. The predicted octanol–water partition coefficient (Wildman–Crippen LogP) is -0.0422. The van der Waals surface area contributed by atoms with Crippen molar-refractivity contribution in [1.82, 2.24) is 10.6 Å². The van der Waals surface area contributed by atoms with Gasteiger partial charge < -0.3 is 10.6 Å². The second-order valence-electron chi connectivity index (χ2n) is 2.25. The summed E-state index contributed by atoms with van der Waals surface area (Å²) >= 11 is 0. The Morgan fingerprint density at radius 2 is 2.62 bits per heavy atom. The van der Waals surface area contributed by atoms with Gasteiger partial charge in [-0.15, -0.1) is 0 Å². The van der Waals surface area contributed by atoms with Crippen molar-refractivity contribution in [2.24, 2.45) is 0 Å². The Kier molecular flexibility index (Phi) is 2.30. The van der Waals surface area contributed by atoms with Crippen LogP contribution in [0.4, 0.5) is 0 Å². The zero-order valence-electron chi connectivity index (χ0n) is 5.41. The summed E-state index contributed by atoms with van der Waals surface area (Å²) in [4.78, 5) is 0. The summed E-state index contributed by atoms with van der Waals surface area (Å²) in [5.74, 6) is 0. The lowest BCUT2D eigenvalue weighted by atomic mass is 10.3. The zero-order valence-corrected chi connectivity index (χ0v) is 5.41. The van der Waals surface area contributed by atoms with Gasteiger partial charge in [0.05, 0.1) is 0 Å². The van der Waals surface area contributed by atoms with Gasteiger partial charge in [-0.25, -0.2) is 0 Å². The molecule has 0 aromatic carbocycles. The molecule has 2 nitrogen and oxygen atoms in total. The summed E-state index contributed by atoms with van der Waals surface area (Å²) in [7, 11) is 0. The number of rotatable bonds is 2. The predicted molar refractivity (Wildman–Crippen MR) is 35.0 cm³/mol. The summed E-state index contributed by atoms with van der Waals surface area (Å²) < 4.78 is 0. The van der Waals surface area contributed by atoms with E-state index in [4.69, 9.17) is 0 Å². The highest BCUT2D eigenvalue weighted by molar-refractivity contribution is 4.76. The molecular formula is C6H14N2. The van der Waals surface area contributed by atoms with Crippen molar-refractivity contribution >= 4 is 0 Å². The first-order valence-electron chi connectivity index (χ1n) is 3.37. The Morgan fingerprint density at radius 3 is 3.12 bits per heavy atom. The molecule has 1 atom stereocenters. The highest BCUT2D eigenvalue weighted by atomic mass is 15.0. The van der Waals surface area contributed by atoms with E-state index in [2.05, 4.69) is 17.6 Å². The molecule has 1 fully saturated rings. The third kappa shape index (κ3) is 1.46. The molecule has 1 heterocycles. The lowest BCUT2D eigenvalue weighted by molar-refractivity contribution is 0.567. The van der Waals surface area contributed by atoms with Crippen molar-refractivity contribution in [2.45, 2.75) is 19.4 Å². The summed E-state index contributed by atoms with van der Waals surface area (Å²) in [5.41, 5.74) is 0. The van der Waals surface area contributed by atoms with Gasteiger partial charge in [0.25, 0.3) is 0 Å². The molecule has 1 saturated heterocycles. The molecule has 1 aliphatic heterocycles. The summed E-state index contributed by atoms with van der Waals surface area (Å²) in [5, 5.41) is 6.68. The molecule has 0 aliphatic carbocycles. The van der Waals surface area contributed by atoms with Crippen LogP contribution < -0.4 is 10.6 Å². The Labute approximate surface area is 50.7 Å². The zero-order chi connectivity index (χ0) is 5.82. The van der Waals surface area contributed by atoms with Gasteiger partial charge in [0.1, 0.15) is 0 Å². The molecule has 0 radical (unpaired) electrons. The van der Waals surface area contributed by atoms with Crippen LogP contribution in [0.5, 0.6) is 0 Å². The summed E-state index contributed by atoms with van der Waals surface area (Å²) in [6, 6.07) is 0.750. The topological polar surface area (TPSA) is 24.1 Å². The van der Waals surface area contributed by atoms with Crippen molar-refractivity contribution in [3.05, 3.63) is 0 Å². The highest BCUT2D eigenvalue weighted by Crippen LogP contribution is 1.94. The fourth-order valence-electron chi connectivity index (χ4n) is 1.12. The Bertz CT molecular complexity index is 57.5. The van der Waals surface area contributed by atoms with Crippen LogP contribution in [-0.2, 0) is 0 Å². The van der Waals surface area contributed by atoms with Crippen LogP contribution in [0, 0.1) is 0 Å². The summed E-state index contributed by atoms with van der Waals surface area (Å²) in [6.07, 6.45) is 1.30. The van der Waals surface area contributed by atoms with Crippen molar-refractivity contribution in [3.8, 4) is 0 Å². The largest absolute Gasteiger partial charge is 0.315 e. The van der Waals surface area contributed by atoms with Crippen LogP contribution in [0.2, 0.25) is 0 Å². The normalized spacial score (nSPS) is 28.9. The van der Waals surface area contributed by atoms with Gasteiger partial charge >= 0.3 is 0 Å². The van der Waals surface area contributed by atoms with E-state index in [0.29, 0.717) is 0 Å². The molecular weight excluding hydrogens is 100 g/mol. The average Bonchev–Trinajstić information content (AvgIpc) is 2.19. The second-order valence-corrected chi connectivity index (χ2v) is 2.25. The van der Waals surface area contributed by atoms with Crippen LogP contribution in [0.15, 0.2) is 0 Å². The van der Waals surface area contributed by atoms with Gasteiger partial charge in [-0.3, -0.25) is 0 Å². The van der Waals surface area contributed by atoms with E-state index in [9.17, 15) is 0 Å². The van der Waals surface area contributed by atoms with Crippen molar-refractivity contribution < 1.29 is 0 Å². The molecule has 0 saturated carbocycles. The quantitative estimate of drug-likeness (QED) is 0.526. The minimum absolute atomic E-state index is 0.750. The smallest absolute Gasteiger partial charge is 0.0204 e. The van der Waals surface area contributed by atoms with Gasteiger partial charge in [0.2, 0.25) is 0 Å². The lowest BCUT2D eigenvalue weighted by Crippen LogP contribution is -2.30. The molecule has 2 heteroatoms. The van der Waals surface area contributed by atoms with Crippen molar-refractivity contribution in [2.75, 3.05) is 19.6 Å². The Hall–Kier alpha value is -0.0800. The second kappa shape index (κ2) is 3.05. The lowest BCUT2D eigenvalue weighted by Gasteiger charge is -2.06. The molecule has 0 unspecified atom stereocenters. The van der Waals surface area contributed by atoms with E-state index in [1.807, 2.05) is 0 Å². The maximum atomic E-state index is 3.38. The van der Waals surface area contributed by atoms with E-state index in [1.54, 1.807) is 0 Å². The standard InChI is InChI=1S/C6H14N2/c1-2-8-6-3-4-7-5-6/h6-8H,2-5H2,1H3/t6-/m0/s1. The minimum atomic E-state index is 0.750. The molecule has 0 aromatic rings. The van der Waals surface area contributed by atoms with Crippen LogP contribution in [0.3, 0.4) is 0 Å². The molecule has 0 amide bonds. The third-order valence-electron chi connectivity index (χ3n) is 1.55. The number of likely N-dealkylation sites (N-methyl/N-ethyl adjacent to an activating group) is 1. The van der Waals surface area contributed by atoms with Crippen LogP contribution in [0.1, 0.15) is 13.3 Å². The molecule has 48 valence electrons. The third-order valence-corrected chi connectivity index (χ3v) is 1.55. The minimum Gasteiger partial charge on any atom is -0.315 e. The molecule has 2 N–H and O–H groups in total. The molecule has 0 aromatic heterocycles. The first kappa shape index (κ1) is 6.05. The number of nitrogens with one attached hydrogen (secondary N) is 2. The van der Waals surface area contributed by atoms with Crippen molar-refractivity contribution in [1.29, 1.82) is 0 Å². The van der Waals surface area contributed by atoms with Crippen LogP contribution in [-0.4, -0.2) is 25.7 Å². The van der Waals surface area contributed by atoms with Crippen LogP contribution >= 0.6 is 0 Å². The van der Waals surface area contributed by atoms with E-state index < -0.39 is 0 Å². The van der Waals surface area contributed by atoms with E-state index >= 15 is 0 Å². The molecule has 0 bridgehead atoms.